The lowest BCUT2D eigenvalue weighted by atomic mass is 10.0. The van der Waals surface area contributed by atoms with Crippen molar-refractivity contribution in [3.8, 4) is 6.07 Å². The second-order valence-corrected chi connectivity index (χ2v) is 6.06. The Morgan fingerprint density at radius 2 is 2.20 bits per heavy atom. The van der Waals surface area contributed by atoms with Crippen LogP contribution in [0.15, 0.2) is 24.3 Å². The molecule has 0 radical (unpaired) electrons. The van der Waals surface area contributed by atoms with Gasteiger partial charge in [-0.3, -0.25) is 14.4 Å². The van der Waals surface area contributed by atoms with E-state index < -0.39 is 30.0 Å². The van der Waals surface area contributed by atoms with E-state index in [2.05, 4.69) is 5.32 Å². The standard InChI is InChI=1S/C17H20N4O4/c1-10(22)21-9-13(23)7-15(21)17(25)20-14(16(19)24)6-11-3-2-4-12(5-11)8-18/h2-5,13-15,23H,6-7,9H2,1H3,(H2,19,24)(H,20,25)/t13-,14+,15+/m1/s1. The minimum atomic E-state index is -0.979. The Hall–Kier alpha value is -2.92. The Labute approximate surface area is 145 Å². The maximum absolute atomic E-state index is 12.5. The lowest BCUT2D eigenvalue weighted by Crippen LogP contribution is -2.52. The summed E-state index contributed by atoms with van der Waals surface area (Å²) in [5.41, 5.74) is 6.49. The van der Waals surface area contributed by atoms with Crippen LogP contribution in [0.2, 0.25) is 0 Å². The van der Waals surface area contributed by atoms with Crippen LogP contribution in [0.1, 0.15) is 24.5 Å². The average molecular weight is 344 g/mol. The van der Waals surface area contributed by atoms with Crippen molar-refractivity contribution in [1.82, 2.24) is 10.2 Å². The van der Waals surface area contributed by atoms with Crippen molar-refractivity contribution in [1.29, 1.82) is 5.26 Å². The molecule has 1 aromatic rings. The highest BCUT2D eigenvalue weighted by molar-refractivity contribution is 5.91. The molecule has 0 unspecified atom stereocenters. The molecule has 0 aromatic heterocycles. The number of amides is 3. The van der Waals surface area contributed by atoms with Gasteiger partial charge in [0.1, 0.15) is 12.1 Å². The third kappa shape index (κ3) is 4.55. The van der Waals surface area contributed by atoms with Gasteiger partial charge in [0.2, 0.25) is 17.7 Å². The van der Waals surface area contributed by atoms with E-state index in [-0.39, 0.29) is 25.3 Å². The van der Waals surface area contributed by atoms with Crippen molar-refractivity contribution in [3.05, 3.63) is 35.4 Å². The normalized spacial score (nSPS) is 20.6. The van der Waals surface area contributed by atoms with Crippen LogP contribution in [0.25, 0.3) is 0 Å². The first-order valence-electron chi connectivity index (χ1n) is 7.85. The van der Waals surface area contributed by atoms with Crippen molar-refractivity contribution in [3.63, 3.8) is 0 Å². The van der Waals surface area contributed by atoms with E-state index in [1.54, 1.807) is 24.3 Å². The number of nitriles is 1. The van der Waals surface area contributed by atoms with Crippen LogP contribution >= 0.6 is 0 Å². The van der Waals surface area contributed by atoms with Crippen LogP contribution in [-0.2, 0) is 20.8 Å². The summed E-state index contributed by atoms with van der Waals surface area (Å²) in [4.78, 5) is 37.0. The first-order chi connectivity index (χ1) is 11.8. The van der Waals surface area contributed by atoms with Crippen LogP contribution in [0.4, 0.5) is 0 Å². The number of aliphatic hydroxyl groups excluding tert-OH is 1. The second-order valence-electron chi connectivity index (χ2n) is 6.06. The molecule has 1 aliphatic rings. The highest BCUT2D eigenvalue weighted by Crippen LogP contribution is 2.18. The van der Waals surface area contributed by atoms with Crippen molar-refractivity contribution in [2.45, 2.75) is 38.0 Å². The lowest BCUT2D eigenvalue weighted by molar-refractivity contribution is -0.138. The molecular formula is C17H20N4O4. The number of carbonyl (C=O) groups is 3. The van der Waals surface area contributed by atoms with E-state index >= 15 is 0 Å². The summed E-state index contributed by atoms with van der Waals surface area (Å²) in [7, 11) is 0. The van der Waals surface area contributed by atoms with Gasteiger partial charge in [-0.1, -0.05) is 12.1 Å². The molecule has 1 fully saturated rings. The smallest absolute Gasteiger partial charge is 0.243 e. The van der Waals surface area contributed by atoms with E-state index in [0.717, 1.165) is 0 Å². The van der Waals surface area contributed by atoms with Gasteiger partial charge in [0, 0.05) is 26.3 Å². The highest BCUT2D eigenvalue weighted by atomic mass is 16.3. The quantitative estimate of drug-likeness (QED) is 0.633. The maximum atomic E-state index is 12.5. The summed E-state index contributed by atoms with van der Waals surface area (Å²) in [6.45, 7) is 1.40. The number of hydrogen-bond donors (Lipinski definition) is 3. The number of primary amides is 1. The zero-order valence-electron chi connectivity index (χ0n) is 13.8. The summed E-state index contributed by atoms with van der Waals surface area (Å²) in [5.74, 6) is -1.58. The van der Waals surface area contributed by atoms with Crippen LogP contribution in [-0.4, -0.2) is 52.5 Å². The Morgan fingerprint density at radius 1 is 1.48 bits per heavy atom. The Balaban J connectivity index is 2.10. The molecule has 3 amide bonds. The molecule has 1 aliphatic heterocycles. The zero-order valence-corrected chi connectivity index (χ0v) is 13.8. The van der Waals surface area contributed by atoms with Crippen LogP contribution < -0.4 is 11.1 Å². The minimum absolute atomic E-state index is 0.0822. The minimum Gasteiger partial charge on any atom is -0.391 e. The molecule has 4 N–H and O–H groups in total. The Morgan fingerprint density at radius 3 is 2.80 bits per heavy atom. The third-order valence-corrected chi connectivity index (χ3v) is 4.14. The van der Waals surface area contributed by atoms with Gasteiger partial charge < -0.3 is 21.1 Å². The van der Waals surface area contributed by atoms with Gasteiger partial charge >= 0.3 is 0 Å². The number of rotatable bonds is 5. The van der Waals surface area contributed by atoms with E-state index in [9.17, 15) is 19.5 Å². The number of carbonyl (C=O) groups excluding carboxylic acids is 3. The van der Waals surface area contributed by atoms with Crippen molar-refractivity contribution >= 4 is 17.7 Å². The third-order valence-electron chi connectivity index (χ3n) is 4.14. The summed E-state index contributed by atoms with van der Waals surface area (Å²) < 4.78 is 0. The monoisotopic (exact) mass is 344 g/mol. The van der Waals surface area contributed by atoms with E-state index in [0.29, 0.717) is 11.1 Å². The highest BCUT2D eigenvalue weighted by Gasteiger charge is 2.38. The molecule has 2 rings (SSSR count). The number of nitrogens with zero attached hydrogens (tertiary/aromatic N) is 2. The molecule has 1 aromatic carbocycles. The molecule has 1 heterocycles. The van der Waals surface area contributed by atoms with Gasteiger partial charge in [0.15, 0.2) is 0 Å². The summed E-state index contributed by atoms with van der Waals surface area (Å²) in [6.07, 6.45) is -0.536. The average Bonchev–Trinajstić information content (AvgIpc) is 2.96. The van der Waals surface area contributed by atoms with Crippen molar-refractivity contribution in [2.75, 3.05) is 6.54 Å². The van der Waals surface area contributed by atoms with Crippen LogP contribution in [0.3, 0.4) is 0 Å². The zero-order chi connectivity index (χ0) is 18.6. The molecular weight excluding hydrogens is 324 g/mol. The summed E-state index contributed by atoms with van der Waals surface area (Å²) >= 11 is 0. The van der Waals surface area contributed by atoms with E-state index in [4.69, 9.17) is 11.0 Å². The number of aliphatic hydroxyl groups is 1. The number of nitrogens with one attached hydrogen (secondary N) is 1. The second kappa shape index (κ2) is 7.77. The fraction of sp³-hybridized carbons (Fsp3) is 0.412. The first-order valence-corrected chi connectivity index (χ1v) is 7.85. The number of likely N-dealkylation sites (tertiary alicyclic amines) is 1. The van der Waals surface area contributed by atoms with Gasteiger partial charge in [-0.15, -0.1) is 0 Å². The van der Waals surface area contributed by atoms with Crippen LogP contribution in [0, 0.1) is 11.3 Å². The SMILES string of the molecule is CC(=O)N1C[C@H](O)C[C@H]1C(=O)N[C@@H](Cc1cccc(C#N)c1)C(N)=O. The van der Waals surface area contributed by atoms with Gasteiger partial charge in [-0.05, 0) is 17.7 Å². The molecule has 0 bridgehead atoms. The largest absolute Gasteiger partial charge is 0.391 e. The fourth-order valence-electron chi connectivity index (χ4n) is 2.90. The maximum Gasteiger partial charge on any atom is 0.243 e. The molecule has 8 heteroatoms. The topological polar surface area (TPSA) is 137 Å². The van der Waals surface area contributed by atoms with Crippen molar-refractivity contribution in [2.24, 2.45) is 5.73 Å². The fourth-order valence-corrected chi connectivity index (χ4v) is 2.90. The molecule has 25 heavy (non-hydrogen) atoms. The van der Waals surface area contributed by atoms with Gasteiger partial charge in [-0.2, -0.15) is 5.26 Å². The lowest BCUT2D eigenvalue weighted by Gasteiger charge is -2.24. The van der Waals surface area contributed by atoms with Gasteiger partial charge in [0.05, 0.1) is 17.7 Å². The molecule has 0 saturated carbocycles. The van der Waals surface area contributed by atoms with E-state index in [1.165, 1.54) is 11.8 Å². The molecule has 1 saturated heterocycles. The van der Waals surface area contributed by atoms with E-state index in [1.807, 2.05) is 6.07 Å². The predicted molar refractivity (Wildman–Crippen MR) is 87.8 cm³/mol. The van der Waals surface area contributed by atoms with Gasteiger partial charge in [0.25, 0.3) is 0 Å². The molecule has 132 valence electrons. The number of nitrogens with two attached hydrogens (primary N) is 1. The Kier molecular flexibility index (Phi) is 5.72. The first kappa shape index (κ1) is 18.4. The number of hydrogen-bond acceptors (Lipinski definition) is 5. The Bertz CT molecular complexity index is 728. The molecule has 0 aliphatic carbocycles. The van der Waals surface area contributed by atoms with Crippen LogP contribution in [0.5, 0.6) is 0 Å². The number of β-amino-alcohol motifs (C(OH)–C–C–N with tert-alkyl or cyclic N) is 1. The molecule has 0 spiro atoms. The predicted octanol–water partition coefficient (Wildman–Crippen LogP) is -0.947. The molecule has 8 nitrogen and oxygen atoms in total. The number of benzene rings is 1. The van der Waals surface area contributed by atoms with Gasteiger partial charge in [-0.25, -0.2) is 0 Å². The van der Waals surface area contributed by atoms with Crippen molar-refractivity contribution < 1.29 is 19.5 Å². The summed E-state index contributed by atoms with van der Waals surface area (Å²) in [5, 5.41) is 21.2. The molecule has 3 atom stereocenters. The summed E-state index contributed by atoms with van der Waals surface area (Å²) in [6, 6.07) is 6.84.